The smallest absolute Gasteiger partial charge is 0.269 e. The number of carbonyl (C=O) groups is 1. The van der Waals surface area contributed by atoms with Gasteiger partial charge in [-0.15, -0.1) is 0 Å². The number of hydrogen-bond donors (Lipinski definition) is 1. The minimum Gasteiger partial charge on any atom is -0.333 e. The number of amides is 1. The van der Waals surface area contributed by atoms with Crippen LogP contribution in [0.4, 0.5) is 5.69 Å². The molecule has 1 saturated heterocycles. The molecular formula is C18H18ClN3O3. The highest BCUT2D eigenvalue weighted by Gasteiger charge is 2.27. The normalized spacial score (nSPS) is 17.3. The van der Waals surface area contributed by atoms with Crippen LogP contribution in [0.1, 0.15) is 17.2 Å². The van der Waals surface area contributed by atoms with Gasteiger partial charge in [0.05, 0.1) is 17.4 Å². The summed E-state index contributed by atoms with van der Waals surface area (Å²) in [6.07, 6.45) is 0.217. The molecule has 2 aromatic carbocycles. The van der Waals surface area contributed by atoms with Gasteiger partial charge in [-0.25, -0.2) is 0 Å². The lowest BCUT2D eigenvalue weighted by molar-refractivity contribution is -0.384. The molecule has 1 unspecified atom stereocenters. The van der Waals surface area contributed by atoms with Gasteiger partial charge in [0.1, 0.15) is 0 Å². The Morgan fingerprint density at radius 3 is 2.72 bits per heavy atom. The predicted octanol–water partition coefficient (Wildman–Crippen LogP) is 2.96. The standard InChI is InChI=1S/C18H18ClN3O3/c19-15-3-1-2-14(11-15)17-12-20-8-9-21(17)18(23)10-13-4-6-16(7-5-13)22(24)25/h1-7,11,17,20H,8-10,12H2. The molecule has 1 fully saturated rings. The van der Waals surface area contributed by atoms with E-state index in [-0.39, 0.29) is 24.1 Å². The van der Waals surface area contributed by atoms with Gasteiger partial charge in [-0.05, 0) is 23.3 Å². The van der Waals surface area contributed by atoms with Crippen molar-refractivity contribution in [3.63, 3.8) is 0 Å². The van der Waals surface area contributed by atoms with Crippen LogP contribution in [0.3, 0.4) is 0 Å². The van der Waals surface area contributed by atoms with Gasteiger partial charge in [0, 0.05) is 36.8 Å². The minimum absolute atomic E-state index is 0.000304. The van der Waals surface area contributed by atoms with Crippen molar-refractivity contribution in [1.82, 2.24) is 10.2 Å². The molecule has 0 aliphatic carbocycles. The highest BCUT2D eigenvalue weighted by molar-refractivity contribution is 6.30. The molecule has 2 aromatic rings. The minimum atomic E-state index is -0.447. The Morgan fingerprint density at radius 1 is 1.28 bits per heavy atom. The maximum absolute atomic E-state index is 12.8. The van der Waals surface area contributed by atoms with Crippen LogP contribution < -0.4 is 5.32 Å². The van der Waals surface area contributed by atoms with Crippen molar-refractivity contribution < 1.29 is 9.72 Å². The summed E-state index contributed by atoms with van der Waals surface area (Å²) in [5.41, 5.74) is 1.78. The molecule has 1 N–H and O–H groups in total. The first-order chi connectivity index (χ1) is 12.0. The van der Waals surface area contributed by atoms with Crippen molar-refractivity contribution in [2.45, 2.75) is 12.5 Å². The number of carbonyl (C=O) groups excluding carboxylic acids is 1. The van der Waals surface area contributed by atoms with Crippen LogP contribution in [-0.4, -0.2) is 35.4 Å². The van der Waals surface area contributed by atoms with Crippen molar-refractivity contribution in [2.75, 3.05) is 19.6 Å². The molecule has 1 amide bonds. The van der Waals surface area contributed by atoms with E-state index in [1.165, 1.54) is 12.1 Å². The van der Waals surface area contributed by atoms with Gasteiger partial charge in [-0.2, -0.15) is 0 Å². The highest BCUT2D eigenvalue weighted by Crippen LogP contribution is 2.25. The number of rotatable bonds is 4. The van der Waals surface area contributed by atoms with E-state index in [1.807, 2.05) is 29.2 Å². The van der Waals surface area contributed by atoms with E-state index in [4.69, 9.17) is 11.6 Å². The summed E-state index contributed by atoms with van der Waals surface area (Å²) in [7, 11) is 0. The van der Waals surface area contributed by atoms with Gasteiger partial charge in [0.2, 0.25) is 5.91 Å². The van der Waals surface area contributed by atoms with Crippen LogP contribution in [0.2, 0.25) is 5.02 Å². The first-order valence-electron chi connectivity index (χ1n) is 8.03. The van der Waals surface area contributed by atoms with E-state index in [0.717, 1.165) is 17.7 Å². The summed E-state index contributed by atoms with van der Waals surface area (Å²) in [5.74, 6) is 0.000304. The average molecular weight is 360 g/mol. The molecule has 25 heavy (non-hydrogen) atoms. The van der Waals surface area contributed by atoms with E-state index in [2.05, 4.69) is 5.32 Å². The van der Waals surface area contributed by atoms with E-state index in [0.29, 0.717) is 18.1 Å². The number of nitrogens with one attached hydrogen (secondary N) is 1. The van der Waals surface area contributed by atoms with E-state index < -0.39 is 4.92 Å². The molecule has 1 heterocycles. The second kappa shape index (κ2) is 7.63. The number of nitrogens with zero attached hydrogens (tertiary/aromatic N) is 2. The van der Waals surface area contributed by atoms with Gasteiger partial charge < -0.3 is 10.2 Å². The molecule has 1 aliphatic rings. The van der Waals surface area contributed by atoms with Crippen LogP contribution in [0.15, 0.2) is 48.5 Å². The quantitative estimate of drug-likeness (QED) is 0.672. The fraction of sp³-hybridized carbons (Fsp3) is 0.278. The molecule has 1 atom stereocenters. The molecule has 3 rings (SSSR count). The van der Waals surface area contributed by atoms with Gasteiger partial charge in [0.15, 0.2) is 0 Å². The van der Waals surface area contributed by atoms with Gasteiger partial charge in [-0.1, -0.05) is 35.9 Å². The molecule has 0 aromatic heterocycles. The van der Waals surface area contributed by atoms with Crippen LogP contribution >= 0.6 is 11.6 Å². The lowest BCUT2D eigenvalue weighted by atomic mass is 10.0. The zero-order valence-corrected chi connectivity index (χ0v) is 14.3. The number of benzene rings is 2. The summed E-state index contributed by atoms with van der Waals surface area (Å²) in [6.45, 7) is 2.03. The zero-order valence-electron chi connectivity index (χ0n) is 13.5. The van der Waals surface area contributed by atoms with Crippen molar-refractivity contribution in [1.29, 1.82) is 0 Å². The second-order valence-corrected chi connectivity index (χ2v) is 6.40. The number of hydrogen-bond acceptors (Lipinski definition) is 4. The summed E-state index contributed by atoms with van der Waals surface area (Å²) < 4.78 is 0. The summed E-state index contributed by atoms with van der Waals surface area (Å²) >= 11 is 6.08. The van der Waals surface area contributed by atoms with E-state index in [1.54, 1.807) is 12.1 Å². The van der Waals surface area contributed by atoms with Crippen molar-refractivity contribution in [2.24, 2.45) is 0 Å². The molecule has 0 radical (unpaired) electrons. The third kappa shape index (κ3) is 4.15. The van der Waals surface area contributed by atoms with Gasteiger partial charge in [0.25, 0.3) is 5.69 Å². The molecule has 0 bridgehead atoms. The predicted molar refractivity (Wildman–Crippen MR) is 95.6 cm³/mol. The maximum Gasteiger partial charge on any atom is 0.269 e. The maximum atomic E-state index is 12.8. The monoisotopic (exact) mass is 359 g/mol. The van der Waals surface area contributed by atoms with E-state index >= 15 is 0 Å². The van der Waals surface area contributed by atoms with E-state index in [9.17, 15) is 14.9 Å². The Morgan fingerprint density at radius 2 is 2.04 bits per heavy atom. The number of non-ortho nitro benzene ring substituents is 1. The molecule has 7 heteroatoms. The van der Waals surface area contributed by atoms with Crippen molar-refractivity contribution in [3.05, 3.63) is 74.8 Å². The fourth-order valence-corrected chi connectivity index (χ4v) is 3.22. The summed E-state index contributed by atoms with van der Waals surface area (Å²) in [6, 6.07) is 13.6. The topological polar surface area (TPSA) is 75.5 Å². The van der Waals surface area contributed by atoms with Gasteiger partial charge >= 0.3 is 0 Å². The van der Waals surface area contributed by atoms with Crippen LogP contribution in [0, 0.1) is 10.1 Å². The molecule has 0 saturated carbocycles. The number of halogens is 1. The molecule has 6 nitrogen and oxygen atoms in total. The lowest BCUT2D eigenvalue weighted by Gasteiger charge is -2.36. The van der Waals surface area contributed by atoms with Gasteiger partial charge in [-0.3, -0.25) is 14.9 Å². The third-order valence-electron chi connectivity index (χ3n) is 4.30. The largest absolute Gasteiger partial charge is 0.333 e. The Hall–Kier alpha value is -2.44. The Kier molecular flexibility index (Phi) is 5.31. The Bertz CT molecular complexity index is 779. The third-order valence-corrected chi connectivity index (χ3v) is 4.53. The molecule has 0 spiro atoms. The number of nitro groups is 1. The van der Waals surface area contributed by atoms with Crippen LogP contribution in [-0.2, 0) is 11.2 Å². The van der Waals surface area contributed by atoms with Crippen molar-refractivity contribution >= 4 is 23.2 Å². The first kappa shape index (κ1) is 17.4. The average Bonchev–Trinajstić information content (AvgIpc) is 2.62. The molecular weight excluding hydrogens is 342 g/mol. The Labute approximate surface area is 150 Å². The number of piperazine rings is 1. The van der Waals surface area contributed by atoms with Crippen molar-refractivity contribution in [3.8, 4) is 0 Å². The second-order valence-electron chi connectivity index (χ2n) is 5.96. The molecule has 1 aliphatic heterocycles. The van der Waals surface area contributed by atoms with Crippen LogP contribution in [0.25, 0.3) is 0 Å². The fourth-order valence-electron chi connectivity index (χ4n) is 3.03. The summed E-state index contributed by atoms with van der Waals surface area (Å²) in [4.78, 5) is 24.9. The molecule has 130 valence electrons. The number of nitro benzene ring substituents is 1. The highest BCUT2D eigenvalue weighted by atomic mass is 35.5. The lowest BCUT2D eigenvalue weighted by Crippen LogP contribution is -2.49. The van der Waals surface area contributed by atoms with Crippen LogP contribution in [0.5, 0.6) is 0 Å². The Balaban J connectivity index is 1.75. The first-order valence-corrected chi connectivity index (χ1v) is 8.41. The SMILES string of the molecule is O=C(Cc1ccc([N+](=O)[O-])cc1)N1CCNCC1c1cccc(Cl)c1. The zero-order chi connectivity index (χ0) is 17.8. The summed E-state index contributed by atoms with van der Waals surface area (Å²) in [5, 5.41) is 14.7.